The van der Waals surface area contributed by atoms with Gasteiger partial charge in [-0.2, -0.15) is 5.10 Å². The summed E-state index contributed by atoms with van der Waals surface area (Å²) in [4.78, 5) is 24.2. The standard InChI is InChI=1S/C20H19F2N5O2/c21-11-5-13-17(26-27-18(13)23-7-11)19-24-8-14(22)15(25-19)6-12-9-1-3-10(4-2-9)16(12)20(28)29/h5,7-10,12,16H,1-4,6H2,(H,28,29)(H,23,26,27)/t9?,10?,12?,16-/m0/s1. The van der Waals surface area contributed by atoms with E-state index in [4.69, 9.17) is 0 Å². The van der Waals surface area contributed by atoms with Crippen molar-refractivity contribution in [3.8, 4) is 11.5 Å². The van der Waals surface area contributed by atoms with Crippen molar-refractivity contribution in [1.82, 2.24) is 25.1 Å². The van der Waals surface area contributed by atoms with Crippen LogP contribution in [0.2, 0.25) is 0 Å². The molecule has 1 unspecified atom stereocenters. The van der Waals surface area contributed by atoms with Gasteiger partial charge >= 0.3 is 5.97 Å². The number of hydrogen-bond acceptors (Lipinski definition) is 5. The third kappa shape index (κ3) is 3.04. The quantitative estimate of drug-likeness (QED) is 0.697. The van der Waals surface area contributed by atoms with E-state index < -0.39 is 23.5 Å². The molecule has 3 aromatic heterocycles. The molecular weight excluding hydrogens is 380 g/mol. The molecule has 0 radical (unpaired) electrons. The van der Waals surface area contributed by atoms with Crippen LogP contribution in [-0.2, 0) is 11.2 Å². The highest BCUT2D eigenvalue weighted by molar-refractivity contribution is 5.88. The fourth-order valence-corrected chi connectivity index (χ4v) is 5.19. The lowest BCUT2D eigenvalue weighted by molar-refractivity contribution is -0.152. The number of rotatable bonds is 4. The summed E-state index contributed by atoms with van der Waals surface area (Å²) in [6.45, 7) is 0. The lowest BCUT2D eigenvalue weighted by Gasteiger charge is -2.46. The molecule has 0 aromatic carbocycles. The van der Waals surface area contributed by atoms with Crippen LogP contribution in [0.1, 0.15) is 31.4 Å². The van der Waals surface area contributed by atoms with Crippen LogP contribution in [0.5, 0.6) is 0 Å². The van der Waals surface area contributed by atoms with Crippen LogP contribution in [0.25, 0.3) is 22.6 Å². The Balaban J connectivity index is 1.51. The van der Waals surface area contributed by atoms with Gasteiger partial charge in [0.1, 0.15) is 11.5 Å². The van der Waals surface area contributed by atoms with Crippen molar-refractivity contribution in [2.75, 3.05) is 0 Å². The molecule has 0 spiro atoms. The lowest BCUT2D eigenvalue weighted by atomic mass is 9.57. The van der Waals surface area contributed by atoms with Crippen LogP contribution >= 0.6 is 0 Å². The number of nitrogens with zero attached hydrogens (tertiary/aromatic N) is 4. The van der Waals surface area contributed by atoms with Crippen molar-refractivity contribution >= 4 is 17.0 Å². The van der Waals surface area contributed by atoms with Gasteiger partial charge in [0, 0.05) is 0 Å². The number of halogens is 2. The zero-order valence-corrected chi connectivity index (χ0v) is 15.5. The van der Waals surface area contributed by atoms with E-state index in [1.165, 1.54) is 6.07 Å². The predicted molar refractivity (Wildman–Crippen MR) is 98.6 cm³/mol. The fourth-order valence-electron chi connectivity index (χ4n) is 5.19. The molecule has 2 N–H and O–H groups in total. The van der Waals surface area contributed by atoms with E-state index in [1.54, 1.807) is 0 Å². The Labute approximate surface area is 164 Å². The molecule has 7 nitrogen and oxygen atoms in total. The van der Waals surface area contributed by atoms with E-state index in [2.05, 4.69) is 25.1 Å². The Kier molecular flexibility index (Phi) is 4.25. The van der Waals surface area contributed by atoms with Gasteiger partial charge in [0.05, 0.1) is 29.4 Å². The minimum absolute atomic E-state index is 0.144. The van der Waals surface area contributed by atoms with Crippen LogP contribution in [0.3, 0.4) is 0 Å². The molecule has 9 heteroatoms. The summed E-state index contributed by atoms with van der Waals surface area (Å²) in [6.07, 6.45) is 6.20. The number of H-pyrrole nitrogens is 1. The van der Waals surface area contributed by atoms with Crippen molar-refractivity contribution in [3.63, 3.8) is 0 Å². The molecule has 6 rings (SSSR count). The zero-order valence-electron chi connectivity index (χ0n) is 15.5. The summed E-state index contributed by atoms with van der Waals surface area (Å²) in [5.41, 5.74) is 0.852. The Bertz CT molecular complexity index is 1090. The second-order valence-electron chi connectivity index (χ2n) is 8.02. The van der Waals surface area contributed by atoms with Crippen LogP contribution in [0, 0.1) is 35.3 Å². The van der Waals surface area contributed by atoms with Crippen LogP contribution in [-0.4, -0.2) is 36.2 Å². The molecule has 0 aliphatic heterocycles. The van der Waals surface area contributed by atoms with Crippen molar-refractivity contribution in [2.24, 2.45) is 23.7 Å². The van der Waals surface area contributed by atoms with Gasteiger partial charge in [0.15, 0.2) is 17.3 Å². The second kappa shape index (κ2) is 6.82. The summed E-state index contributed by atoms with van der Waals surface area (Å²) < 4.78 is 28.2. The van der Waals surface area contributed by atoms with Crippen molar-refractivity contribution in [2.45, 2.75) is 32.1 Å². The van der Waals surface area contributed by atoms with E-state index in [1.807, 2.05) is 0 Å². The number of carboxylic acids is 1. The Morgan fingerprint density at radius 2 is 1.90 bits per heavy atom. The molecule has 3 aliphatic carbocycles. The van der Waals surface area contributed by atoms with Gasteiger partial charge in [-0.05, 0) is 55.9 Å². The first-order valence-electron chi connectivity index (χ1n) is 9.75. The van der Waals surface area contributed by atoms with Gasteiger partial charge in [-0.25, -0.2) is 23.7 Å². The van der Waals surface area contributed by atoms with E-state index in [-0.39, 0.29) is 35.7 Å². The zero-order chi connectivity index (χ0) is 20.1. The normalized spacial score (nSPS) is 26.1. The van der Waals surface area contributed by atoms with Crippen molar-refractivity contribution in [1.29, 1.82) is 0 Å². The predicted octanol–water partition coefficient (Wildman–Crippen LogP) is 3.37. The van der Waals surface area contributed by atoms with Gasteiger partial charge in [-0.3, -0.25) is 9.89 Å². The van der Waals surface area contributed by atoms with Crippen LogP contribution in [0.15, 0.2) is 18.5 Å². The van der Waals surface area contributed by atoms with Gasteiger partial charge < -0.3 is 5.11 Å². The molecule has 2 bridgehead atoms. The smallest absolute Gasteiger partial charge is 0.307 e. The highest BCUT2D eigenvalue weighted by Gasteiger charge is 2.47. The van der Waals surface area contributed by atoms with Gasteiger partial charge in [0.25, 0.3) is 0 Å². The SMILES string of the molecule is O=C(O)[C@H]1C2CCC(CC2)C1Cc1nc(-c2[nH]nc3ncc(F)cc23)ncc1F. The number of hydrogen-bond donors (Lipinski definition) is 2. The molecule has 0 amide bonds. The molecule has 0 saturated heterocycles. The number of nitrogens with one attached hydrogen (secondary N) is 1. The molecule has 3 aliphatic rings. The van der Waals surface area contributed by atoms with Crippen LogP contribution < -0.4 is 0 Å². The monoisotopic (exact) mass is 399 g/mol. The number of pyridine rings is 1. The minimum atomic E-state index is -0.805. The summed E-state index contributed by atoms with van der Waals surface area (Å²) >= 11 is 0. The maximum atomic E-state index is 14.5. The topological polar surface area (TPSA) is 105 Å². The number of aliphatic carboxylic acids is 1. The van der Waals surface area contributed by atoms with E-state index in [0.717, 1.165) is 38.1 Å². The summed E-state index contributed by atoms with van der Waals surface area (Å²) in [5, 5.41) is 16.9. The molecule has 29 heavy (non-hydrogen) atoms. The number of fused-ring (bicyclic) bond motifs is 4. The average Bonchev–Trinajstić information content (AvgIpc) is 3.13. The van der Waals surface area contributed by atoms with Gasteiger partial charge in [0.2, 0.25) is 0 Å². The summed E-state index contributed by atoms with van der Waals surface area (Å²) in [6, 6.07) is 1.27. The summed E-state index contributed by atoms with van der Waals surface area (Å²) in [5.74, 6) is -1.90. The number of carbonyl (C=O) groups is 1. The Morgan fingerprint density at radius 1 is 1.14 bits per heavy atom. The Morgan fingerprint density at radius 3 is 2.66 bits per heavy atom. The first-order chi connectivity index (χ1) is 14.0. The van der Waals surface area contributed by atoms with E-state index >= 15 is 0 Å². The minimum Gasteiger partial charge on any atom is -0.481 e. The van der Waals surface area contributed by atoms with E-state index in [0.29, 0.717) is 16.7 Å². The van der Waals surface area contributed by atoms with Crippen LogP contribution in [0.4, 0.5) is 8.78 Å². The molecular formula is C20H19F2N5O2. The Hall–Kier alpha value is -2.97. The number of aromatic amines is 1. The average molecular weight is 399 g/mol. The van der Waals surface area contributed by atoms with Crippen molar-refractivity contribution in [3.05, 3.63) is 35.8 Å². The van der Waals surface area contributed by atoms with Crippen molar-refractivity contribution < 1.29 is 18.7 Å². The molecule has 2 atom stereocenters. The summed E-state index contributed by atoms with van der Waals surface area (Å²) in [7, 11) is 0. The first-order valence-corrected chi connectivity index (χ1v) is 9.75. The molecule has 3 aromatic rings. The number of carboxylic acid groups (broad SMARTS) is 1. The first kappa shape index (κ1) is 18.1. The largest absolute Gasteiger partial charge is 0.481 e. The highest BCUT2D eigenvalue weighted by Crippen LogP contribution is 2.50. The highest BCUT2D eigenvalue weighted by atomic mass is 19.1. The second-order valence-corrected chi connectivity index (χ2v) is 8.02. The number of aromatic nitrogens is 5. The maximum Gasteiger partial charge on any atom is 0.307 e. The van der Waals surface area contributed by atoms with Gasteiger partial charge in [-0.15, -0.1) is 0 Å². The molecule has 3 saturated carbocycles. The molecule has 3 heterocycles. The molecule has 150 valence electrons. The fraction of sp³-hybridized carbons (Fsp3) is 0.450. The lowest BCUT2D eigenvalue weighted by Crippen LogP contribution is -2.45. The maximum absolute atomic E-state index is 14.5. The third-order valence-corrected chi connectivity index (χ3v) is 6.52. The molecule has 3 fully saturated rings. The van der Waals surface area contributed by atoms with E-state index in [9.17, 15) is 18.7 Å². The van der Waals surface area contributed by atoms with Gasteiger partial charge in [-0.1, -0.05) is 0 Å². The third-order valence-electron chi connectivity index (χ3n) is 6.52.